The van der Waals surface area contributed by atoms with Gasteiger partial charge in [-0.1, -0.05) is 0 Å². The summed E-state index contributed by atoms with van der Waals surface area (Å²) in [4.78, 5) is 10.4. The summed E-state index contributed by atoms with van der Waals surface area (Å²) < 4.78 is 21.8. The third-order valence-corrected chi connectivity index (χ3v) is 3.37. The lowest BCUT2D eigenvalue weighted by Gasteiger charge is -2.03. The molecule has 0 spiro atoms. The number of ketones is 1. The molecule has 0 aliphatic rings. The van der Waals surface area contributed by atoms with E-state index in [0.29, 0.717) is 0 Å². The Morgan fingerprint density at radius 1 is 1.40 bits per heavy atom. The van der Waals surface area contributed by atoms with E-state index in [-0.39, 0.29) is 11.5 Å². The Morgan fingerprint density at radius 2 is 1.80 bits per heavy atom. The topological polar surface area (TPSA) is 51.2 Å². The van der Waals surface area contributed by atoms with Crippen LogP contribution in [0.5, 0.6) is 0 Å². The molecule has 0 bridgehead atoms. The highest BCUT2D eigenvalue weighted by atomic mass is 32.2. The molecule has 3 nitrogen and oxygen atoms in total. The zero-order chi connectivity index (χ0) is 8.36. The van der Waals surface area contributed by atoms with Gasteiger partial charge in [0.25, 0.3) is 0 Å². The molecule has 0 N–H and O–H groups in total. The molecule has 60 valence electrons. The fraction of sp³-hybridized carbons (Fsp3) is 0.833. The maximum Gasteiger partial charge on any atom is 0.159 e. The van der Waals surface area contributed by atoms with Crippen molar-refractivity contribution in [3.8, 4) is 0 Å². The third kappa shape index (κ3) is 2.96. The Kier molecular flexibility index (Phi) is 3.02. The van der Waals surface area contributed by atoms with Gasteiger partial charge in [-0.2, -0.15) is 0 Å². The van der Waals surface area contributed by atoms with E-state index in [9.17, 15) is 13.2 Å². The number of carbonyl (C=O) groups excluding carboxylic acids is 1. The summed E-state index contributed by atoms with van der Waals surface area (Å²) in [6.45, 7) is 4.41. The Labute approximate surface area is 61.4 Å². The van der Waals surface area contributed by atoms with Gasteiger partial charge < -0.3 is 0 Å². The van der Waals surface area contributed by atoms with E-state index < -0.39 is 15.1 Å². The molecule has 0 aliphatic carbocycles. The number of carbonyl (C=O) groups is 1. The molecule has 0 unspecified atom stereocenters. The van der Waals surface area contributed by atoms with E-state index in [0.717, 1.165) is 0 Å². The minimum Gasteiger partial charge on any atom is -0.299 e. The Morgan fingerprint density at radius 3 is 1.90 bits per heavy atom. The van der Waals surface area contributed by atoms with Crippen LogP contribution in [-0.2, 0) is 14.6 Å². The van der Waals surface area contributed by atoms with Crippen LogP contribution in [0, 0.1) is 0 Å². The predicted molar refractivity (Wildman–Crippen MR) is 39.6 cm³/mol. The van der Waals surface area contributed by atoms with E-state index in [1.165, 1.54) is 6.92 Å². The molecule has 0 saturated carbocycles. The first-order chi connectivity index (χ1) is 4.36. The van der Waals surface area contributed by atoms with Crippen molar-refractivity contribution < 1.29 is 13.2 Å². The van der Waals surface area contributed by atoms with Gasteiger partial charge in [0.2, 0.25) is 0 Å². The summed E-state index contributed by atoms with van der Waals surface area (Å²) in [5.74, 6) is -0.626. The number of sulfone groups is 1. The molecule has 0 atom stereocenters. The van der Waals surface area contributed by atoms with Crippen LogP contribution in [0.2, 0.25) is 0 Å². The third-order valence-electron chi connectivity index (χ3n) is 1.12. The zero-order valence-electron chi connectivity index (χ0n) is 6.42. The number of hydrogen-bond acceptors (Lipinski definition) is 3. The maximum atomic E-state index is 10.9. The maximum absolute atomic E-state index is 10.9. The first kappa shape index (κ1) is 9.62. The standard InChI is InChI=1S/C6H12O3S/c1-5(2)10(8,9)4-6(3)7/h5H,4H2,1-3H3. The van der Waals surface area contributed by atoms with Crippen molar-refractivity contribution in [3.05, 3.63) is 0 Å². The highest BCUT2D eigenvalue weighted by molar-refractivity contribution is 7.92. The van der Waals surface area contributed by atoms with Crippen molar-refractivity contribution in [1.29, 1.82) is 0 Å². The van der Waals surface area contributed by atoms with Crippen molar-refractivity contribution in [2.45, 2.75) is 26.0 Å². The molecular weight excluding hydrogens is 152 g/mol. The van der Waals surface area contributed by atoms with Crippen molar-refractivity contribution >= 4 is 15.6 Å². The molecule has 0 fully saturated rings. The van der Waals surface area contributed by atoms with Gasteiger partial charge in [0.15, 0.2) is 9.84 Å². The first-order valence-electron chi connectivity index (χ1n) is 3.07. The summed E-state index contributed by atoms with van der Waals surface area (Å²) in [7, 11) is -3.15. The van der Waals surface area contributed by atoms with Gasteiger partial charge in [-0.25, -0.2) is 8.42 Å². The van der Waals surface area contributed by atoms with E-state index in [1.807, 2.05) is 0 Å². The molecule has 0 aliphatic heterocycles. The second-order valence-corrected chi connectivity index (χ2v) is 5.12. The molecule has 0 heterocycles. The summed E-state index contributed by atoms with van der Waals surface area (Å²) in [5, 5.41) is -0.448. The van der Waals surface area contributed by atoms with E-state index >= 15 is 0 Å². The molecule has 0 radical (unpaired) electrons. The van der Waals surface area contributed by atoms with Crippen molar-refractivity contribution in [3.63, 3.8) is 0 Å². The van der Waals surface area contributed by atoms with Crippen molar-refractivity contribution in [1.82, 2.24) is 0 Å². The van der Waals surface area contributed by atoms with Gasteiger partial charge >= 0.3 is 0 Å². The lowest BCUT2D eigenvalue weighted by molar-refractivity contribution is -0.114. The predicted octanol–water partition coefficient (Wildman–Crippen LogP) is 0.399. The van der Waals surface area contributed by atoms with Crippen LogP contribution in [0.4, 0.5) is 0 Å². The normalized spacial score (nSPS) is 12.0. The quantitative estimate of drug-likeness (QED) is 0.606. The molecule has 0 amide bonds. The molecule has 0 aromatic heterocycles. The van der Waals surface area contributed by atoms with Gasteiger partial charge in [0.05, 0.1) is 5.25 Å². The minimum absolute atomic E-state index is 0.297. The van der Waals surface area contributed by atoms with Crippen molar-refractivity contribution in [2.24, 2.45) is 0 Å². The molecule has 0 aromatic carbocycles. The SMILES string of the molecule is CC(=O)CS(=O)(=O)C(C)C. The van der Waals surface area contributed by atoms with Gasteiger partial charge in [0.1, 0.15) is 11.5 Å². The smallest absolute Gasteiger partial charge is 0.159 e. The van der Waals surface area contributed by atoms with Gasteiger partial charge in [-0.3, -0.25) is 4.79 Å². The Bertz CT molecular complexity index is 213. The van der Waals surface area contributed by atoms with Crippen LogP contribution in [0.3, 0.4) is 0 Å². The average Bonchev–Trinajstić information content (AvgIpc) is 1.60. The molecule has 4 heteroatoms. The van der Waals surface area contributed by atoms with Gasteiger partial charge in [-0.05, 0) is 20.8 Å². The monoisotopic (exact) mass is 164 g/mol. The van der Waals surface area contributed by atoms with Crippen LogP contribution in [0.1, 0.15) is 20.8 Å². The number of rotatable bonds is 3. The van der Waals surface area contributed by atoms with E-state index in [4.69, 9.17) is 0 Å². The van der Waals surface area contributed by atoms with Crippen LogP contribution < -0.4 is 0 Å². The van der Waals surface area contributed by atoms with E-state index in [1.54, 1.807) is 13.8 Å². The summed E-state index contributed by atoms with van der Waals surface area (Å²) in [6, 6.07) is 0. The molecule has 0 saturated heterocycles. The van der Waals surface area contributed by atoms with E-state index in [2.05, 4.69) is 0 Å². The molecule has 0 aromatic rings. The van der Waals surface area contributed by atoms with Gasteiger partial charge in [0, 0.05) is 0 Å². The lowest BCUT2D eigenvalue weighted by atomic mass is 10.5. The number of Topliss-reactive ketones (excluding diaryl/α,β-unsaturated/α-hetero) is 1. The van der Waals surface area contributed by atoms with Crippen LogP contribution >= 0.6 is 0 Å². The highest BCUT2D eigenvalue weighted by Crippen LogP contribution is 1.99. The molecule has 0 rings (SSSR count). The Hall–Kier alpha value is -0.380. The second-order valence-electron chi connectivity index (χ2n) is 2.56. The molecular formula is C6H12O3S. The minimum atomic E-state index is -3.15. The number of hydrogen-bond donors (Lipinski definition) is 0. The largest absolute Gasteiger partial charge is 0.299 e. The first-order valence-corrected chi connectivity index (χ1v) is 4.79. The fourth-order valence-corrected chi connectivity index (χ4v) is 1.35. The molecule has 10 heavy (non-hydrogen) atoms. The van der Waals surface area contributed by atoms with Gasteiger partial charge in [-0.15, -0.1) is 0 Å². The van der Waals surface area contributed by atoms with Crippen LogP contribution in [0.15, 0.2) is 0 Å². The van der Waals surface area contributed by atoms with Crippen LogP contribution in [-0.4, -0.2) is 25.2 Å². The summed E-state index contributed by atoms with van der Waals surface area (Å²) in [5.41, 5.74) is 0. The summed E-state index contributed by atoms with van der Waals surface area (Å²) in [6.07, 6.45) is 0. The lowest BCUT2D eigenvalue weighted by Crippen LogP contribution is -2.21. The zero-order valence-corrected chi connectivity index (χ0v) is 7.23. The Balaban J connectivity index is 4.31. The second kappa shape index (κ2) is 3.14. The fourth-order valence-electron chi connectivity index (χ4n) is 0.450. The average molecular weight is 164 g/mol. The summed E-state index contributed by atoms with van der Waals surface area (Å²) >= 11 is 0. The highest BCUT2D eigenvalue weighted by Gasteiger charge is 2.17. The van der Waals surface area contributed by atoms with Crippen molar-refractivity contribution in [2.75, 3.05) is 5.75 Å². The van der Waals surface area contributed by atoms with Crippen LogP contribution in [0.25, 0.3) is 0 Å².